The second-order valence-corrected chi connectivity index (χ2v) is 19.5. The van der Waals surface area contributed by atoms with Gasteiger partial charge in [0.2, 0.25) is 0 Å². The standard InChI is InChI=1S/C59H60O12/c1-9-48(60-26-50-28-62-50)10-2-38(1)17-40-5-13-56(68-34-52-30-64-52)44(20-40)24-46-22-42(7-15-58(46)70-36-54-32-66-54)19-43-8-16-59(71-37-55-33-67-55)47(23-43)25-45-21-41(6-14-57(45)69-35-53-31-65-53)18-39-3-11-49(12-4-39)61-27-51-29-63-51/h1-16,20-23,50-55H,17-19,24-37H2. The lowest BCUT2D eigenvalue weighted by molar-refractivity contribution is 0.259. The summed E-state index contributed by atoms with van der Waals surface area (Å²) in [5.41, 5.74) is 11.5. The largest absolute Gasteiger partial charge is 0.491 e. The van der Waals surface area contributed by atoms with E-state index >= 15 is 0 Å². The molecule has 12 nitrogen and oxygen atoms in total. The van der Waals surface area contributed by atoms with Crippen molar-refractivity contribution in [3.8, 4) is 34.5 Å². The lowest BCUT2D eigenvalue weighted by atomic mass is 9.94. The van der Waals surface area contributed by atoms with E-state index in [0.29, 0.717) is 58.9 Å². The van der Waals surface area contributed by atoms with Crippen LogP contribution in [0.2, 0.25) is 0 Å². The highest BCUT2D eigenvalue weighted by Gasteiger charge is 2.28. The average molecular weight is 961 g/mol. The third kappa shape index (κ3) is 13.6. The molecule has 0 aliphatic carbocycles. The maximum Gasteiger partial charge on any atom is 0.122 e. The first-order valence-corrected chi connectivity index (χ1v) is 25.1. The summed E-state index contributed by atoms with van der Waals surface area (Å²) in [4.78, 5) is 0. The summed E-state index contributed by atoms with van der Waals surface area (Å²) in [7, 11) is 0. The molecule has 0 spiro atoms. The predicted molar refractivity (Wildman–Crippen MR) is 264 cm³/mol. The van der Waals surface area contributed by atoms with E-state index in [-0.39, 0.29) is 36.6 Å². The Balaban J connectivity index is 0.801. The highest BCUT2D eigenvalue weighted by atomic mass is 16.6. The molecule has 6 unspecified atom stereocenters. The number of rotatable bonds is 28. The number of hydrogen-bond acceptors (Lipinski definition) is 12. The molecule has 0 saturated carbocycles. The van der Waals surface area contributed by atoms with Crippen LogP contribution in [0.25, 0.3) is 0 Å². The van der Waals surface area contributed by atoms with Crippen molar-refractivity contribution in [2.45, 2.75) is 68.7 Å². The van der Waals surface area contributed by atoms with Crippen LogP contribution in [0.5, 0.6) is 34.5 Å². The average Bonchev–Trinajstić information content (AvgIpc) is 4.17. The quantitative estimate of drug-likeness (QED) is 0.0439. The normalized spacial score (nSPS) is 22.0. The van der Waals surface area contributed by atoms with Gasteiger partial charge in [0, 0.05) is 12.8 Å². The van der Waals surface area contributed by atoms with Crippen LogP contribution in [0.1, 0.15) is 55.6 Å². The second kappa shape index (κ2) is 21.3. The lowest BCUT2D eigenvalue weighted by Gasteiger charge is -2.18. The van der Waals surface area contributed by atoms with Crippen LogP contribution in [0, 0.1) is 0 Å². The van der Waals surface area contributed by atoms with Gasteiger partial charge in [0.25, 0.3) is 0 Å². The van der Waals surface area contributed by atoms with E-state index in [0.717, 1.165) is 109 Å². The molecule has 12 heteroatoms. The van der Waals surface area contributed by atoms with Gasteiger partial charge in [-0.2, -0.15) is 0 Å². The molecule has 6 aromatic carbocycles. The Morgan fingerprint density at radius 2 is 0.493 bits per heavy atom. The Labute approximate surface area is 414 Å². The Kier molecular flexibility index (Phi) is 13.8. The fourth-order valence-corrected chi connectivity index (χ4v) is 8.71. The van der Waals surface area contributed by atoms with Gasteiger partial charge in [0.1, 0.15) is 111 Å². The molecule has 6 heterocycles. The molecule has 6 aliphatic rings. The molecule has 0 radical (unpaired) electrons. The van der Waals surface area contributed by atoms with E-state index in [9.17, 15) is 0 Å². The van der Waals surface area contributed by atoms with Gasteiger partial charge in [-0.15, -0.1) is 0 Å². The lowest BCUT2D eigenvalue weighted by Crippen LogP contribution is -2.09. The molecule has 6 fully saturated rings. The van der Waals surface area contributed by atoms with Gasteiger partial charge in [0.15, 0.2) is 0 Å². The molecule has 6 aliphatic heterocycles. The highest BCUT2D eigenvalue weighted by molar-refractivity contribution is 5.50. The van der Waals surface area contributed by atoms with E-state index in [1.165, 1.54) is 33.4 Å². The van der Waals surface area contributed by atoms with Gasteiger partial charge in [-0.05, 0) is 123 Å². The summed E-state index contributed by atoms with van der Waals surface area (Å²) in [5.74, 6) is 5.12. The number of benzene rings is 6. The monoisotopic (exact) mass is 960 g/mol. The first kappa shape index (κ1) is 46.0. The summed E-state index contributed by atoms with van der Waals surface area (Å²) >= 11 is 0. The molecule has 368 valence electrons. The summed E-state index contributed by atoms with van der Waals surface area (Å²) in [6.45, 7) is 7.70. The SMILES string of the molecule is c1cc(OCC2CO2)ccc1Cc1ccc(OCC2CO2)c(Cc2cc(Cc3ccc(OCC4CO4)c(Cc4cc(Cc5ccc(OCC6CO6)cc5)ccc4OCC4CO4)c3)ccc2OCC2CO2)c1. The molecule has 12 rings (SSSR count). The van der Waals surface area contributed by atoms with Gasteiger partial charge in [-0.3, -0.25) is 0 Å². The topological polar surface area (TPSA) is 131 Å². The molecule has 0 bridgehead atoms. The van der Waals surface area contributed by atoms with E-state index in [2.05, 4.69) is 97.1 Å². The summed E-state index contributed by atoms with van der Waals surface area (Å²) in [5, 5.41) is 0. The Bertz CT molecular complexity index is 2560. The Morgan fingerprint density at radius 3 is 0.746 bits per heavy atom. The molecular weight excluding hydrogens is 901 g/mol. The van der Waals surface area contributed by atoms with Gasteiger partial charge in [-0.25, -0.2) is 0 Å². The first-order chi connectivity index (χ1) is 35.0. The molecule has 0 amide bonds. The van der Waals surface area contributed by atoms with Crippen molar-refractivity contribution in [3.05, 3.63) is 177 Å². The zero-order valence-corrected chi connectivity index (χ0v) is 39.9. The van der Waals surface area contributed by atoms with Crippen molar-refractivity contribution in [1.29, 1.82) is 0 Å². The van der Waals surface area contributed by atoms with Gasteiger partial charge >= 0.3 is 0 Å². The minimum Gasteiger partial charge on any atom is -0.491 e. The maximum atomic E-state index is 6.47. The molecule has 0 N–H and O–H groups in total. The van der Waals surface area contributed by atoms with E-state index < -0.39 is 0 Å². The molecule has 6 aromatic rings. The van der Waals surface area contributed by atoms with E-state index in [1.54, 1.807) is 0 Å². The van der Waals surface area contributed by atoms with Gasteiger partial charge in [-0.1, -0.05) is 72.8 Å². The van der Waals surface area contributed by atoms with Crippen molar-refractivity contribution in [3.63, 3.8) is 0 Å². The Morgan fingerprint density at radius 1 is 0.268 bits per heavy atom. The smallest absolute Gasteiger partial charge is 0.122 e. The summed E-state index contributed by atoms with van der Waals surface area (Å²) in [6.07, 6.45) is 4.47. The van der Waals surface area contributed by atoms with Crippen LogP contribution in [0.4, 0.5) is 0 Å². The highest BCUT2D eigenvalue weighted by Crippen LogP contribution is 2.34. The fraction of sp³-hybridized carbons (Fsp3) is 0.390. The maximum absolute atomic E-state index is 6.47. The summed E-state index contributed by atoms with van der Waals surface area (Å²) in [6, 6.07) is 43.0. The van der Waals surface area contributed by atoms with Crippen LogP contribution in [0.3, 0.4) is 0 Å². The van der Waals surface area contributed by atoms with Crippen LogP contribution in [0.15, 0.2) is 121 Å². The van der Waals surface area contributed by atoms with Crippen LogP contribution < -0.4 is 28.4 Å². The van der Waals surface area contributed by atoms with E-state index in [4.69, 9.17) is 56.8 Å². The number of epoxide rings is 6. The van der Waals surface area contributed by atoms with Crippen LogP contribution in [-0.2, 0) is 60.5 Å². The minimum absolute atomic E-state index is 0.126. The predicted octanol–water partition coefficient (Wildman–Crippen LogP) is 8.31. The summed E-state index contributed by atoms with van der Waals surface area (Å²) < 4.78 is 70.4. The van der Waals surface area contributed by atoms with E-state index in [1.807, 2.05) is 24.3 Å². The van der Waals surface area contributed by atoms with Crippen molar-refractivity contribution in [2.75, 3.05) is 79.3 Å². The minimum atomic E-state index is 0.126. The molecular formula is C59H60O12. The molecule has 6 saturated heterocycles. The third-order valence-corrected chi connectivity index (χ3v) is 13.3. The molecule has 0 aromatic heterocycles. The van der Waals surface area contributed by atoms with Gasteiger partial charge < -0.3 is 56.8 Å². The van der Waals surface area contributed by atoms with Crippen molar-refractivity contribution in [2.24, 2.45) is 0 Å². The third-order valence-electron chi connectivity index (χ3n) is 13.3. The molecule has 71 heavy (non-hydrogen) atoms. The van der Waals surface area contributed by atoms with Gasteiger partial charge in [0.05, 0.1) is 39.6 Å². The molecule has 6 atom stereocenters. The second-order valence-electron chi connectivity index (χ2n) is 19.5. The van der Waals surface area contributed by atoms with Crippen LogP contribution in [-0.4, -0.2) is 116 Å². The zero-order valence-electron chi connectivity index (χ0n) is 39.9. The van der Waals surface area contributed by atoms with Crippen LogP contribution >= 0.6 is 0 Å². The Hall–Kier alpha value is -6.12. The number of hydrogen-bond donors (Lipinski definition) is 0. The number of ether oxygens (including phenoxy) is 12. The van der Waals surface area contributed by atoms with Crippen molar-refractivity contribution in [1.82, 2.24) is 0 Å². The van der Waals surface area contributed by atoms with Crippen molar-refractivity contribution >= 4 is 0 Å². The fourth-order valence-electron chi connectivity index (χ4n) is 8.71. The zero-order chi connectivity index (χ0) is 47.3. The first-order valence-electron chi connectivity index (χ1n) is 25.1. The van der Waals surface area contributed by atoms with Crippen molar-refractivity contribution < 1.29 is 56.8 Å².